The Labute approximate surface area is 167 Å². The molecule has 0 aliphatic carbocycles. The molecule has 0 aliphatic heterocycles. The van der Waals surface area contributed by atoms with Gasteiger partial charge in [0.25, 0.3) is 5.69 Å². The first-order valence-corrected chi connectivity index (χ1v) is 9.11. The van der Waals surface area contributed by atoms with Crippen LogP contribution in [0.25, 0.3) is 16.9 Å². The van der Waals surface area contributed by atoms with Crippen molar-refractivity contribution in [3.8, 4) is 16.9 Å². The molecule has 0 atom stereocenters. The molecule has 6 nitrogen and oxygen atoms in total. The van der Waals surface area contributed by atoms with Gasteiger partial charge in [-0.3, -0.25) is 15.1 Å². The van der Waals surface area contributed by atoms with Gasteiger partial charge < -0.3 is 0 Å². The van der Waals surface area contributed by atoms with E-state index in [0.717, 1.165) is 28.1 Å². The van der Waals surface area contributed by atoms with Gasteiger partial charge in [0.1, 0.15) is 5.69 Å². The fraction of sp³-hybridized carbons (Fsp3) is 0.0435. The molecular formula is C23H18N4O2. The number of para-hydroxylation sites is 2. The molecule has 1 aromatic heterocycles. The van der Waals surface area contributed by atoms with Crippen LogP contribution in [0, 0.1) is 17.0 Å². The van der Waals surface area contributed by atoms with Crippen LogP contribution in [0.5, 0.6) is 0 Å². The molecule has 0 amide bonds. The maximum Gasteiger partial charge on any atom is 0.269 e. The number of hydrogen-bond acceptors (Lipinski definition) is 4. The van der Waals surface area contributed by atoms with Gasteiger partial charge in [-0.1, -0.05) is 36.4 Å². The standard InChI is InChI=1S/C23H18N4O2/c1-17-7-5-6-10-22(17)24-15-19-16-26(20-8-3-2-4-9-20)25-23(19)18-11-13-21(14-12-18)27(28)29/h2-16H,1H3. The first-order chi connectivity index (χ1) is 14.1. The highest BCUT2D eigenvalue weighted by Crippen LogP contribution is 2.26. The molecule has 3 aromatic carbocycles. The summed E-state index contributed by atoms with van der Waals surface area (Å²) >= 11 is 0. The predicted octanol–water partition coefficient (Wildman–Crippen LogP) is 5.51. The van der Waals surface area contributed by atoms with Crippen LogP contribution in [-0.4, -0.2) is 20.9 Å². The second-order valence-corrected chi connectivity index (χ2v) is 6.56. The molecule has 0 N–H and O–H groups in total. The van der Waals surface area contributed by atoms with E-state index in [1.54, 1.807) is 23.0 Å². The quantitative estimate of drug-likeness (QED) is 0.260. The Morgan fingerprint density at radius 2 is 1.66 bits per heavy atom. The highest BCUT2D eigenvalue weighted by molar-refractivity contribution is 5.90. The molecule has 6 heteroatoms. The number of non-ortho nitro benzene ring substituents is 1. The third kappa shape index (κ3) is 3.96. The topological polar surface area (TPSA) is 73.3 Å². The minimum absolute atomic E-state index is 0.0476. The predicted molar refractivity (Wildman–Crippen MR) is 114 cm³/mol. The molecule has 4 aromatic rings. The van der Waals surface area contributed by atoms with Crippen LogP contribution < -0.4 is 0 Å². The number of nitro groups is 1. The molecule has 0 fully saturated rings. The zero-order valence-corrected chi connectivity index (χ0v) is 15.8. The molecule has 142 valence electrons. The molecule has 0 unspecified atom stereocenters. The van der Waals surface area contributed by atoms with Gasteiger partial charge in [0, 0.05) is 35.7 Å². The van der Waals surface area contributed by atoms with E-state index in [1.807, 2.05) is 67.7 Å². The van der Waals surface area contributed by atoms with Gasteiger partial charge in [-0.25, -0.2) is 4.68 Å². The Balaban J connectivity index is 1.79. The van der Waals surface area contributed by atoms with Crippen molar-refractivity contribution in [3.63, 3.8) is 0 Å². The summed E-state index contributed by atoms with van der Waals surface area (Å²) in [5.41, 5.74) is 5.26. The highest BCUT2D eigenvalue weighted by Gasteiger charge is 2.13. The average molecular weight is 382 g/mol. The zero-order chi connectivity index (χ0) is 20.2. The highest BCUT2D eigenvalue weighted by atomic mass is 16.6. The molecule has 0 spiro atoms. The summed E-state index contributed by atoms with van der Waals surface area (Å²) in [6, 6.07) is 24.1. The van der Waals surface area contributed by atoms with Crippen molar-refractivity contribution in [1.29, 1.82) is 0 Å². The number of hydrogen-bond donors (Lipinski definition) is 0. The van der Waals surface area contributed by atoms with Crippen molar-refractivity contribution in [1.82, 2.24) is 9.78 Å². The van der Waals surface area contributed by atoms with Gasteiger partial charge in [-0.15, -0.1) is 0 Å². The minimum atomic E-state index is -0.410. The van der Waals surface area contributed by atoms with Crippen molar-refractivity contribution in [2.75, 3.05) is 0 Å². The summed E-state index contributed by atoms with van der Waals surface area (Å²) in [5.74, 6) is 0. The van der Waals surface area contributed by atoms with Gasteiger partial charge in [0.15, 0.2) is 0 Å². The molecular weight excluding hydrogens is 364 g/mol. The van der Waals surface area contributed by atoms with Crippen molar-refractivity contribution in [2.24, 2.45) is 4.99 Å². The summed E-state index contributed by atoms with van der Waals surface area (Å²) in [6.45, 7) is 2.01. The van der Waals surface area contributed by atoms with Crippen LogP contribution in [0.4, 0.5) is 11.4 Å². The lowest BCUT2D eigenvalue weighted by molar-refractivity contribution is -0.384. The fourth-order valence-electron chi connectivity index (χ4n) is 3.01. The Morgan fingerprint density at radius 1 is 0.966 bits per heavy atom. The monoisotopic (exact) mass is 382 g/mol. The fourth-order valence-corrected chi connectivity index (χ4v) is 3.01. The van der Waals surface area contributed by atoms with E-state index in [9.17, 15) is 10.1 Å². The molecule has 0 saturated carbocycles. The Hall–Kier alpha value is -4.06. The maximum absolute atomic E-state index is 11.0. The Bertz CT molecular complexity index is 1180. The van der Waals surface area contributed by atoms with Gasteiger partial charge in [0.2, 0.25) is 0 Å². The van der Waals surface area contributed by atoms with Crippen LogP contribution in [-0.2, 0) is 0 Å². The normalized spacial score (nSPS) is 11.1. The van der Waals surface area contributed by atoms with E-state index in [1.165, 1.54) is 12.1 Å². The van der Waals surface area contributed by atoms with Crippen molar-refractivity contribution >= 4 is 17.6 Å². The van der Waals surface area contributed by atoms with E-state index < -0.39 is 4.92 Å². The summed E-state index contributed by atoms with van der Waals surface area (Å²) in [4.78, 5) is 15.2. The molecule has 4 rings (SSSR count). The van der Waals surface area contributed by atoms with E-state index >= 15 is 0 Å². The second kappa shape index (κ2) is 7.90. The van der Waals surface area contributed by atoms with E-state index in [0.29, 0.717) is 5.69 Å². The SMILES string of the molecule is Cc1ccccc1N=Cc1cn(-c2ccccc2)nc1-c1ccc([N+](=O)[O-])cc1. The van der Waals surface area contributed by atoms with Gasteiger partial charge >= 0.3 is 0 Å². The van der Waals surface area contributed by atoms with E-state index in [-0.39, 0.29) is 5.69 Å². The molecule has 1 heterocycles. The van der Waals surface area contributed by atoms with Gasteiger partial charge in [-0.05, 0) is 42.8 Å². The van der Waals surface area contributed by atoms with Crippen LogP contribution in [0.1, 0.15) is 11.1 Å². The number of aliphatic imine (C=N–C) groups is 1. The minimum Gasteiger partial charge on any atom is -0.258 e. The second-order valence-electron chi connectivity index (χ2n) is 6.56. The van der Waals surface area contributed by atoms with E-state index in [4.69, 9.17) is 5.10 Å². The number of nitrogens with zero attached hydrogens (tertiary/aromatic N) is 4. The third-order valence-electron chi connectivity index (χ3n) is 4.57. The molecule has 0 aliphatic rings. The van der Waals surface area contributed by atoms with Crippen LogP contribution in [0.3, 0.4) is 0 Å². The van der Waals surface area contributed by atoms with Crippen LogP contribution in [0.15, 0.2) is 90.1 Å². The summed E-state index contributed by atoms with van der Waals surface area (Å²) in [5, 5.41) is 15.7. The number of rotatable bonds is 5. The summed E-state index contributed by atoms with van der Waals surface area (Å²) < 4.78 is 1.79. The zero-order valence-electron chi connectivity index (χ0n) is 15.8. The lowest BCUT2D eigenvalue weighted by atomic mass is 10.1. The Morgan fingerprint density at radius 3 is 2.34 bits per heavy atom. The van der Waals surface area contributed by atoms with Gasteiger partial charge in [-0.2, -0.15) is 5.10 Å². The average Bonchev–Trinajstić information content (AvgIpc) is 3.18. The van der Waals surface area contributed by atoms with E-state index in [2.05, 4.69) is 4.99 Å². The van der Waals surface area contributed by atoms with Crippen molar-refractivity contribution in [2.45, 2.75) is 6.92 Å². The van der Waals surface area contributed by atoms with Crippen molar-refractivity contribution < 1.29 is 4.92 Å². The number of benzene rings is 3. The smallest absolute Gasteiger partial charge is 0.258 e. The summed E-state index contributed by atoms with van der Waals surface area (Å²) in [7, 11) is 0. The largest absolute Gasteiger partial charge is 0.269 e. The number of aryl methyl sites for hydroxylation is 1. The Kier molecular flexibility index (Phi) is 4.99. The number of aromatic nitrogens is 2. The maximum atomic E-state index is 11.0. The molecule has 0 bridgehead atoms. The summed E-state index contributed by atoms with van der Waals surface area (Å²) in [6.07, 6.45) is 3.69. The lowest BCUT2D eigenvalue weighted by Crippen LogP contribution is -1.94. The molecule has 0 radical (unpaired) electrons. The first kappa shape index (κ1) is 18.3. The lowest BCUT2D eigenvalue weighted by Gasteiger charge is -2.01. The third-order valence-corrected chi connectivity index (χ3v) is 4.57. The van der Waals surface area contributed by atoms with Crippen LogP contribution >= 0.6 is 0 Å². The number of nitro benzene ring substituents is 1. The van der Waals surface area contributed by atoms with Crippen LogP contribution in [0.2, 0.25) is 0 Å². The first-order valence-electron chi connectivity index (χ1n) is 9.11. The van der Waals surface area contributed by atoms with Crippen molar-refractivity contribution in [3.05, 3.63) is 106 Å². The molecule has 0 saturated heterocycles. The molecule has 29 heavy (non-hydrogen) atoms. The van der Waals surface area contributed by atoms with Gasteiger partial charge in [0.05, 0.1) is 16.3 Å².